The van der Waals surface area contributed by atoms with Crippen LogP contribution in [0, 0.1) is 6.92 Å². The molecule has 2 aromatic carbocycles. The number of methoxy groups -OCH3 is 1. The highest BCUT2D eigenvalue weighted by Gasteiger charge is 2.09. The van der Waals surface area contributed by atoms with Gasteiger partial charge >= 0.3 is 5.63 Å². The van der Waals surface area contributed by atoms with E-state index in [0.717, 1.165) is 27.1 Å². The third kappa shape index (κ3) is 3.13. The highest BCUT2D eigenvalue weighted by molar-refractivity contribution is 7.98. The van der Waals surface area contributed by atoms with Gasteiger partial charge in [-0.05, 0) is 42.3 Å². The zero-order valence-electron chi connectivity index (χ0n) is 13.8. The van der Waals surface area contributed by atoms with Crippen LogP contribution in [0.15, 0.2) is 56.8 Å². The van der Waals surface area contributed by atoms with Gasteiger partial charge in [0, 0.05) is 23.3 Å². The monoisotopic (exact) mass is 352 g/mol. The number of imidazole rings is 1. The molecule has 0 atom stereocenters. The molecule has 2 aromatic heterocycles. The van der Waals surface area contributed by atoms with E-state index >= 15 is 0 Å². The molecule has 0 amide bonds. The smallest absolute Gasteiger partial charge is 0.336 e. The first kappa shape index (κ1) is 15.8. The Balaban J connectivity index is 1.66. The zero-order valence-corrected chi connectivity index (χ0v) is 14.6. The predicted octanol–water partition coefficient (Wildman–Crippen LogP) is 4.28. The molecule has 4 aromatic rings. The molecule has 25 heavy (non-hydrogen) atoms. The van der Waals surface area contributed by atoms with Gasteiger partial charge in [-0.2, -0.15) is 0 Å². The van der Waals surface area contributed by atoms with Crippen LogP contribution in [-0.2, 0) is 5.75 Å². The molecule has 0 aliphatic rings. The van der Waals surface area contributed by atoms with Gasteiger partial charge in [-0.3, -0.25) is 0 Å². The first-order chi connectivity index (χ1) is 12.1. The molecule has 0 aliphatic carbocycles. The Morgan fingerprint density at radius 1 is 1.20 bits per heavy atom. The number of rotatable bonds is 4. The molecule has 126 valence electrons. The molecule has 1 N–H and O–H groups in total. The number of hydrogen-bond acceptors (Lipinski definition) is 5. The number of thioether (sulfide) groups is 1. The zero-order chi connectivity index (χ0) is 17.4. The number of hydrogen-bond donors (Lipinski definition) is 1. The second-order valence-corrected chi connectivity index (χ2v) is 6.77. The van der Waals surface area contributed by atoms with Crippen molar-refractivity contribution in [2.75, 3.05) is 7.11 Å². The molecule has 2 heterocycles. The van der Waals surface area contributed by atoms with Crippen LogP contribution in [0.2, 0.25) is 0 Å². The Morgan fingerprint density at radius 2 is 2.08 bits per heavy atom. The van der Waals surface area contributed by atoms with Crippen LogP contribution >= 0.6 is 11.8 Å². The maximum absolute atomic E-state index is 11.9. The van der Waals surface area contributed by atoms with Gasteiger partial charge < -0.3 is 14.1 Å². The van der Waals surface area contributed by atoms with E-state index < -0.39 is 0 Å². The van der Waals surface area contributed by atoms with Crippen molar-refractivity contribution < 1.29 is 9.15 Å². The Labute approximate surface area is 148 Å². The number of nitrogens with zero attached hydrogens (tertiary/aromatic N) is 1. The van der Waals surface area contributed by atoms with Gasteiger partial charge in [0.25, 0.3) is 0 Å². The van der Waals surface area contributed by atoms with Crippen molar-refractivity contribution in [3.63, 3.8) is 0 Å². The molecule has 0 bridgehead atoms. The number of nitrogens with one attached hydrogen (secondary N) is 1. The maximum atomic E-state index is 11.9. The van der Waals surface area contributed by atoms with Gasteiger partial charge in [0.05, 0.1) is 18.1 Å². The molecule has 4 rings (SSSR count). The van der Waals surface area contributed by atoms with Crippen molar-refractivity contribution in [2.45, 2.75) is 17.8 Å². The number of aromatic nitrogens is 2. The minimum absolute atomic E-state index is 0.364. The minimum Gasteiger partial charge on any atom is -0.497 e. The van der Waals surface area contributed by atoms with E-state index in [0.29, 0.717) is 17.1 Å². The number of H-pyrrole nitrogens is 1. The molecule has 0 saturated carbocycles. The molecule has 6 heteroatoms. The number of aryl methyl sites for hydroxylation is 1. The Morgan fingerprint density at radius 3 is 2.92 bits per heavy atom. The highest BCUT2D eigenvalue weighted by atomic mass is 32.2. The normalized spacial score (nSPS) is 11.3. The quantitative estimate of drug-likeness (QED) is 0.439. The molecule has 0 fully saturated rings. The fourth-order valence-corrected chi connectivity index (χ4v) is 3.65. The fraction of sp³-hybridized carbons (Fsp3) is 0.158. The first-order valence-electron chi connectivity index (χ1n) is 7.82. The number of fused-ring (bicyclic) bond motifs is 2. The lowest BCUT2D eigenvalue weighted by molar-refractivity contribution is 0.414. The topological polar surface area (TPSA) is 68.1 Å². The standard InChI is InChI=1S/C19H16N2O3S/c1-11-3-6-15-16(7-11)21-19(20-15)25-10-12-8-18(22)24-17-9-13(23-2)4-5-14(12)17/h3-9H,10H2,1-2H3,(H,20,21). The third-order valence-corrected chi connectivity index (χ3v) is 4.94. The van der Waals surface area contributed by atoms with Crippen molar-refractivity contribution in [3.05, 3.63) is 64.0 Å². The Hall–Kier alpha value is -2.73. The summed E-state index contributed by atoms with van der Waals surface area (Å²) in [5.74, 6) is 1.28. The number of benzene rings is 2. The molecule has 0 unspecified atom stereocenters. The van der Waals surface area contributed by atoms with E-state index in [2.05, 4.69) is 23.0 Å². The third-order valence-electron chi connectivity index (χ3n) is 4.02. The van der Waals surface area contributed by atoms with Gasteiger partial charge in [-0.25, -0.2) is 9.78 Å². The van der Waals surface area contributed by atoms with E-state index in [4.69, 9.17) is 9.15 Å². The fourth-order valence-electron chi connectivity index (χ4n) is 2.77. The lowest BCUT2D eigenvalue weighted by atomic mass is 10.1. The second kappa shape index (κ2) is 6.29. The summed E-state index contributed by atoms with van der Waals surface area (Å²) in [7, 11) is 1.59. The summed E-state index contributed by atoms with van der Waals surface area (Å²) in [6, 6.07) is 13.2. The van der Waals surface area contributed by atoms with Gasteiger partial charge in [0.2, 0.25) is 0 Å². The highest BCUT2D eigenvalue weighted by Crippen LogP contribution is 2.28. The molecule has 0 radical (unpaired) electrons. The summed E-state index contributed by atoms with van der Waals surface area (Å²) in [6.07, 6.45) is 0. The number of aromatic amines is 1. The molecule has 0 aliphatic heterocycles. The van der Waals surface area contributed by atoms with Crippen molar-refractivity contribution >= 4 is 33.8 Å². The molecular weight excluding hydrogens is 336 g/mol. The first-order valence-corrected chi connectivity index (χ1v) is 8.81. The van der Waals surface area contributed by atoms with Gasteiger partial charge in [0.1, 0.15) is 11.3 Å². The summed E-state index contributed by atoms with van der Waals surface area (Å²) in [5, 5.41) is 1.73. The van der Waals surface area contributed by atoms with Crippen LogP contribution < -0.4 is 10.4 Å². The lowest BCUT2D eigenvalue weighted by Crippen LogP contribution is -2.00. The average Bonchev–Trinajstić information content (AvgIpc) is 3.00. The molecule has 0 spiro atoms. The summed E-state index contributed by atoms with van der Waals surface area (Å²) < 4.78 is 10.5. The Bertz CT molecular complexity index is 1130. The van der Waals surface area contributed by atoms with Crippen molar-refractivity contribution in [1.82, 2.24) is 9.97 Å². The van der Waals surface area contributed by atoms with E-state index in [1.165, 1.54) is 11.6 Å². The summed E-state index contributed by atoms with van der Waals surface area (Å²) in [4.78, 5) is 19.8. The second-order valence-electron chi connectivity index (χ2n) is 5.80. The van der Waals surface area contributed by atoms with Gasteiger partial charge in [-0.1, -0.05) is 17.8 Å². The van der Waals surface area contributed by atoms with Crippen molar-refractivity contribution in [2.24, 2.45) is 0 Å². The summed E-state index contributed by atoms with van der Waals surface area (Å²) in [6.45, 7) is 2.05. The van der Waals surface area contributed by atoms with Crippen molar-refractivity contribution in [1.29, 1.82) is 0 Å². The van der Waals surface area contributed by atoms with Gasteiger partial charge in [0.15, 0.2) is 5.16 Å². The molecule has 5 nitrogen and oxygen atoms in total. The minimum atomic E-state index is -0.364. The van der Waals surface area contributed by atoms with E-state index in [1.807, 2.05) is 24.3 Å². The van der Waals surface area contributed by atoms with Crippen LogP contribution in [-0.4, -0.2) is 17.1 Å². The maximum Gasteiger partial charge on any atom is 0.336 e. The van der Waals surface area contributed by atoms with Crippen LogP contribution in [0.1, 0.15) is 11.1 Å². The SMILES string of the molecule is COc1ccc2c(CSc3nc4ccc(C)cc4[nH]3)cc(=O)oc2c1. The summed E-state index contributed by atoms with van der Waals surface area (Å²) in [5.41, 5.74) is 4.23. The summed E-state index contributed by atoms with van der Waals surface area (Å²) >= 11 is 1.56. The average molecular weight is 352 g/mol. The largest absolute Gasteiger partial charge is 0.497 e. The van der Waals surface area contributed by atoms with Crippen LogP contribution in [0.25, 0.3) is 22.0 Å². The molecular formula is C19H16N2O3S. The van der Waals surface area contributed by atoms with E-state index in [-0.39, 0.29) is 5.63 Å². The van der Waals surface area contributed by atoms with E-state index in [9.17, 15) is 4.79 Å². The Kier molecular flexibility index (Phi) is 3.97. The van der Waals surface area contributed by atoms with Crippen LogP contribution in [0.5, 0.6) is 5.75 Å². The van der Waals surface area contributed by atoms with E-state index in [1.54, 1.807) is 24.9 Å². The molecule has 0 saturated heterocycles. The lowest BCUT2D eigenvalue weighted by Gasteiger charge is -2.06. The number of ether oxygens (including phenoxy) is 1. The van der Waals surface area contributed by atoms with Crippen molar-refractivity contribution in [3.8, 4) is 5.75 Å². The van der Waals surface area contributed by atoms with Crippen LogP contribution in [0.4, 0.5) is 0 Å². The van der Waals surface area contributed by atoms with Gasteiger partial charge in [-0.15, -0.1) is 0 Å². The van der Waals surface area contributed by atoms with Crippen LogP contribution in [0.3, 0.4) is 0 Å². The predicted molar refractivity (Wildman–Crippen MR) is 99.4 cm³/mol.